The second-order valence-corrected chi connectivity index (χ2v) is 22.8. The van der Waals surface area contributed by atoms with Crippen LogP contribution in [0, 0.1) is 81.3 Å². The van der Waals surface area contributed by atoms with Gasteiger partial charge in [-0.15, -0.1) is 0 Å². The molecular weight excluding hydrogens is 675 g/mol. The van der Waals surface area contributed by atoms with Crippen molar-refractivity contribution in [2.45, 2.75) is 175 Å². The van der Waals surface area contributed by atoms with Gasteiger partial charge in [-0.1, -0.05) is 119 Å². The molecule has 56 heavy (non-hydrogen) atoms. The summed E-state index contributed by atoms with van der Waals surface area (Å²) >= 11 is 0. The monoisotopic (exact) mass is 752 g/mol. The molecule has 11 rings (SSSR count). The molecule has 0 N–H and O–H groups in total. The van der Waals surface area contributed by atoms with Gasteiger partial charge < -0.3 is 4.90 Å². The predicted octanol–water partition coefficient (Wildman–Crippen LogP) is 14.9. The van der Waals surface area contributed by atoms with Gasteiger partial charge in [0.2, 0.25) is 0 Å². The maximum Gasteiger partial charge on any atom is 0.0519 e. The van der Waals surface area contributed by atoms with Crippen LogP contribution in [-0.2, 0) is 0 Å². The van der Waals surface area contributed by atoms with Crippen LogP contribution < -0.4 is 0 Å². The van der Waals surface area contributed by atoms with E-state index in [-0.39, 0.29) is 5.41 Å². The van der Waals surface area contributed by atoms with E-state index in [0.717, 1.165) is 59.2 Å². The summed E-state index contributed by atoms with van der Waals surface area (Å²) in [7, 11) is 0. The first-order valence-electron chi connectivity index (χ1n) is 24.9. The minimum atomic E-state index is 0.200. The Bertz CT molecular complexity index is 1740. The van der Waals surface area contributed by atoms with Crippen LogP contribution in [0.5, 0.6) is 0 Å². The molecule has 0 aromatic rings. The van der Waals surface area contributed by atoms with E-state index in [4.69, 9.17) is 0 Å². The number of hydrogen-bond acceptors (Lipinski definition) is 1. The summed E-state index contributed by atoms with van der Waals surface area (Å²) in [4.78, 5) is 3.27. The van der Waals surface area contributed by atoms with Crippen molar-refractivity contribution in [2.75, 3.05) is 0 Å². The molecule has 0 bridgehead atoms. The average molecular weight is 752 g/mol. The molecule has 11 aliphatic rings. The van der Waals surface area contributed by atoms with E-state index in [0.29, 0.717) is 22.8 Å². The third kappa shape index (κ3) is 5.28. The van der Waals surface area contributed by atoms with Gasteiger partial charge >= 0.3 is 0 Å². The van der Waals surface area contributed by atoms with Crippen molar-refractivity contribution in [3.05, 3.63) is 82.8 Å². The first kappa shape index (κ1) is 37.0. The standard InChI is InChI=1S/C55H77N/c1-53(2)44-27-15-12-24-41(44)51-46(53)29-17-31-49(51)56(38-33-34-40-39-23-11-14-26-43(39)54(3,4)48(40)35-38)50-32-18-30-47-52(50)42-25-13-16-28-45(42)55(47,36-19-7-5-8-20-36)37-21-9-6-10-22-37/h5-7,9,11,23,31-32,35-38,40-42,44-47,51-52H,8,10,12-22,24-30,33-34H2,1-4H3. The number of rotatable bonds is 5. The summed E-state index contributed by atoms with van der Waals surface area (Å²) in [6.45, 7) is 10.7. The van der Waals surface area contributed by atoms with Crippen molar-refractivity contribution in [1.29, 1.82) is 0 Å². The number of allylic oxidation sites excluding steroid dienone is 13. The Kier molecular flexibility index (Phi) is 9.28. The molecule has 0 spiro atoms. The fraction of sp³-hybridized carbons (Fsp3) is 0.745. The Balaban J connectivity index is 1.07. The highest BCUT2D eigenvalue weighted by Crippen LogP contribution is 2.73. The highest BCUT2D eigenvalue weighted by molar-refractivity contribution is 5.52. The first-order valence-corrected chi connectivity index (χ1v) is 24.9. The normalized spacial score (nSPS) is 45.8. The Morgan fingerprint density at radius 1 is 0.554 bits per heavy atom. The van der Waals surface area contributed by atoms with Crippen molar-refractivity contribution < 1.29 is 0 Å². The molecule has 302 valence electrons. The van der Waals surface area contributed by atoms with Crippen molar-refractivity contribution >= 4 is 0 Å². The van der Waals surface area contributed by atoms with Gasteiger partial charge in [0, 0.05) is 34.6 Å². The fourth-order valence-electron chi connectivity index (χ4n) is 18.6. The molecule has 1 heteroatoms. The zero-order valence-electron chi connectivity index (χ0n) is 36.1. The van der Waals surface area contributed by atoms with Gasteiger partial charge in [0.1, 0.15) is 0 Å². The van der Waals surface area contributed by atoms with Crippen LogP contribution in [-0.4, -0.2) is 10.9 Å². The third-order valence-electron chi connectivity index (χ3n) is 20.4. The Labute approximate surface area is 342 Å². The van der Waals surface area contributed by atoms with Crippen LogP contribution in [0.2, 0.25) is 0 Å². The van der Waals surface area contributed by atoms with Gasteiger partial charge in [-0.3, -0.25) is 0 Å². The maximum atomic E-state index is 3.27. The highest BCUT2D eigenvalue weighted by Gasteiger charge is 2.67. The SMILES string of the molecule is CC1(C)C2=CC(N(C3=CCCC4C3C3CCCCC3C4(C)C)C3=CCCC4C3C3CCCCC3C4(C3CC=CCC3)C3CC=CCC3)CCC2C2=C1CCC=C2. The van der Waals surface area contributed by atoms with Crippen molar-refractivity contribution in [2.24, 2.45) is 81.3 Å². The highest BCUT2D eigenvalue weighted by atomic mass is 15.2. The summed E-state index contributed by atoms with van der Waals surface area (Å²) in [5.41, 5.74) is 10.2. The van der Waals surface area contributed by atoms with E-state index in [2.05, 4.69) is 87.3 Å². The van der Waals surface area contributed by atoms with Crippen LogP contribution in [0.25, 0.3) is 0 Å². The van der Waals surface area contributed by atoms with Crippen LogP contribution in [0.4, 0.5) is 0 Å². The molecule has 12 unspecified atom stereocenters. The predicted molar refractivity (Wildman–Crippen MR) is 234 cm³/mol. The molecule has 12 atom stereocenters. The van der Waals surface area contributed by atoms with Crippen LogP contribution in [0.15, 0.2) is 82.8 Å². The maximum absolute atomic E-state index is 3.27. The molecule has 0 aliphatic heterocycles. The van der Waals surface area contributed by atoms with Gasteiger partial charge in [-0.05, 0) is 179 Å². The van der Waals surface area contributed by atoms with E-state index in [9.17, 15) is 0 Å². The molecule has 4 saturated carbocycles. The van der Waals surface area contributed by atoms with E-state index >= 15 is 0 Å². The van der Waals surface area contributed by atoms with Gasteiger partial charge in [0.05, 0.1) is 6.04 Å². The van der Waals surface area contributed by atoms with E-state index in [1.54, 1.807) is 16.7 Å². The molecule has 0 radical (unpaired) electrons. The topological polar surface area (TPSA) is 3.24 Å². The molecule has 11 aliphatic carbocycles. The molecule has 0 aromatic carbocycles. The zero-order valence-corrected chi connectivity index (χ0v) is 36.1. The largest absolute Gasteiger partial charge is 0.342 e. The minimum Gasteiger partial charge on any atom is -0.342 e. The van der Waals surface area contributed by atoms with E-state index in [1.807, 2.05) is 11.4 Å². The number of nitrogens with zero attached hydrogens (tertiary/aromatic N) is 1. The van der Waals surface area contributed by atoms with Gasteiger partial charge in [-0.25, -0.2) is 0 Å². The second-order valence-electron chi connectivity index (χ2n) is 22.8. The summed E-state index contributed by atoms with van der Waals surface area (Å²) in [6.07, 6.45) is 55.1. The quantitative estimate of drug-likeness (QED) is 0.253. The number of fused-ring (bicyclic) bond motifs is 8. The van der Waals surface area contributed by atoms with Gasteiger partial charge in [-0.2, -0.15) is 0 Å². The summed E-state index contributed by atoms with van der Waals surface area (Å²) in [6, 6.07) is 0.513. The first-order chi connectivity index (χ1) is 27.3. The molecule has 1 nitrogen and oxygen atoms in total. The summed E-state index contributed by atoms with van der Waals surface area (Å²) in [5.74, 6) is 9.25. The van der Waals surface area contributed by atoms with Crippen molar-refractivity contribution in [1.82, 2.24) is 4.90 Å². The molecule has 0 aromatic heterocycles. The Morgan fingerprint density at radius 2 is 1.18 bits per heavy atom. The van der Waals surface area contributed by atoms with Gasteiger partial charge in [0.15, 0.2) is 0 Å². The number of hydrogen-bond donors (Lipinski definition) is 0. The van der Waals surface area contributed by atoms with E-state index < -0.39 is 0 Å². The van der Waals surface area contributed by atoms with Crippen LogP contribution >= 0.6 is 0 Å². The lowest BCUT2D eigenvalue weighted by atomic mass is 9.50. The molecule has 4 fully saturated rings. The summed E-state index contributed by atoms with van der Waals surface area (Å²) in [5, 5.41) is 0. The van der Waals surface area contributed by atoms with Crippen molar-refractivity contribution in [3.8, 4) is 0 Å². The lowest BCUT2D eigenvalue weighted by Crippen LogP contribution is -2.49. The summed E-state index contributed by atoms with van der Waals surface area (Å²) < 4.78 is 0. The van der Waals surface area contributed by atoms with Gasteiger partial charge in [0.25, 0.3) is 0 Å². The van der Waals surface area contributed by atoms with Crippen molar-refractivity contribution in [3.63, 3.8) is 0 Å². The second kappa shape index (κ2) is 14.0. The minimum absolute atomic E-state index is 0.200. The average Bonchev–Trinajstić information content (AvgIpc) is 3.77. The fourth-order valence-corrected chi connectivity index (χ4v) is 18.6. The zero-order chi connectivity index (χ0) is 37.8. The van der Waals surface area contributed by atoms with Crippen LogP contribution in [0.3, 0.4) is 0 Å². The molecule has 0 saturated heterocycles. The molecular formula is C55H77N. The van der Waals surface area contributed by atoms with Crippen LogP contribution in [0.1, 0.15) is 169 Å². The Morgan fingerprint density at radius 3 is 1.86 bits per heavy atom. The molecule has 0 heterocycles. The third-order valence-corrected chi connectivity index (χ3v) is 20.4. The smallest absolute Gasteiger partial charge is 0.0519 e. The van der Waals surface area contributed by atoms with E-state index in [1.165, 1.54) is 141 Å². The Hall–Kier alpha value is -2.02. The lowest BCUT2D eigenvalue weighted by molar-refractivity contribution is -0.0520. The molecule has 0 amide bonds. The lowest BCUT2D eigenvalue weighted by Gasteiger charge is -2.55.